The van der Waals surface area contributed by atoms with E-state index in [2.05, 4.69) is 5.32 Å². The summed E-state index contributed by atoms with van der Waals surface area (Å²) < 4.78 is 0. The molecule has 1 aromatic carbocycles. The van der Waals surface area contributed by atoms with E-state index in [4.69, 9.17) is 5.11 Å². The van der Waals surface area contributed by atoms with Crippen LogP contribution in [-0.2, 0) is 19.2 Å². The van der Waals surface area contributed by atoms with Crippen molar-refractivity contribution in [3.8, 4) is 0 Å². The minimum Gasteiger partial charge on any atom is -0.481 e. The van der Waals surface area contributed by atoms with Gasteiger partial charge in [-0.15, -0.1) is 0 Å². The lowest BCUT2D eigenvalue weighted by atomic mass is 9.81. The van der Waals surface area contributed by atoms with Crippen LogP contribution in [0.5, 0.6) is 0 Å². The average Bonchev–Trinajstić information content (AvgIpc) is 3.30. The monoisotopic (exact) mass is 370 g/mol. The molecule has 2 bridgehead atoms. The van der Waals surface area contributed by atoms with Crippen LogP contribution in [0.15, 0.2) is 24.3 Å². The van der Waals surface area contributed by atoms with Gasteiger partial charge in [0.05, 0.1) is 17.5 Å². The van der Waals surface area contributed by atoms with Gasteiger partial charge in [0.2, 0.25) is 17.7 Å². The lowest BCUT2D eigenvalue weighted by Gasteiger charge is -2.19. The first kappa shape index (κ1) is 17.7. The number of amides is 3. The highest BCUT2D eigenvalue weighted by atomic mass is 16.4. The van der Waals surface area contributed by atoms with Gasteiger partial charge in [-0.1, -0.05) is 0 Å². The van der Waals surface area contributed by atoms with E-state index in [0.717, 1.165) is 19.3 Å². The molecule has 7 nitrogen and oxygen atoms in total. The molecule has 142 valence electrons. The highest BCUT2D eigenvalue weighted by Gasteiger charge is 2.61. The molecule has 3 amide bonds. The topological polar surface area (TPSA) is 104 Å². The van der Waals surface area contributed by atoms with Crippen molar-refractivity contribution in [3.63, 3.8) is 0 Å². The van der Waals surface area contributed by atoms with Crippen LogP contribution in [0, 0.1) is 23.7 Å². The van der Waals surface area contributed by atoms with Crippen LogP contribution in [0.3, 0.4) is 0 Å². The smallest absolute Gasteiger partial charge is 0.303 e. The van der Waals surface area contributed by atoms with Gasteiger partial charge in [-0.2, -0.15) is 0 Å². The van der Waals surface area contributed by atoms with Gasteiger partial charge >= 0.3 is 5.97 Å². The van der Waals surface area contributed by atoms with Crippen molar-refractivity contribution in [2.45, 2.75) is 38.5 Å². The van der Waals surface area contributed by atoms with E-state index in [1.165, 1.54) is 4.90 Å². The molecule has 27 heavy (non-hydrogen) atoms. The number of rotatable bonds is 6. The van der Waals surface area contributed by atoms with Gasteiger partial charge in [-0.25, -0.2) is 0 Å². The molecule has 1 saturated heterocycles. The number of carboxylic acids is 1. The summed E-state index contributed by atoms with van der Waals surface area (Å²) in [5, 5.41) is 11.3. The van der Waals surface area contributed by atoms with Crippen molar-refractivity contribution < 1.29 is 24.3 Å². The number of carbonyl (C=O) groups excluding carboxylic acids is 3. The Balaban J connectivity index is 1.41. The number of anilines is 2. The molecule has 0 unspecified atom stereocenters. The molecule has 0 radical (unpaired) electrons. The summed E-state index contributed by atoms with van der Waals surface area (Å²) in [6, 6.07) is 6.67. The Hall–Kier alpha value is -2.70. The molecule has 3 fully saturated rings. The number of nitrogens with zero attached hydrogens (tertiary/aromatic N) is 1. The summed E-state index contributed by atoms with van der Waals surface area (Å²) in [4.78, 5) is 49.2. The second kappa shape index (κ2) is 6.79. The van der Waals surface area contributed by atoms with Crippen LogP contribution >= 0.6 is 0 Å². The van der Waals surface area contributed by atoms with Crippen LogP contribution < -0.4 is 10.2 Å². The van der Waals surface area contributed by atoms with Crippen molar-refractivity contribution >= 4 is 35.1 Å². The van der Waals surface area contributed by atoms with Crippen molar-refractivity contribution in [2.75, 3.05) is 10.2 Å². The molecule has 1 heterocycles. The number of aliphatic carboxylic acids is 1. The number of carboxylic acid groups (broad SMARTS) is 1. The summed E-state index contributed by atoms with van der Waals surface area (Å²) in [6.45, 7) is 0. The molecule has 0 spiro atoms. The van der Waals surface area contributed by atoms with Crippen LogP contribution in [0.2, 0.25) is 0 Å². The van der Waals surface area contributed by atoms with E-state index >= 15 is 0 Å². The highest BCUT2D eigenvalue weighted by molar-refractivity contribution is 6.22. The first-order valence-electron chi connectivity index (χ1n) is 9.45. The zero-order chi connectivity index (χ0) is 19.1. The number of carbonyl (C=O) groups is 4. The van der Waals surface area contributed by atoms with Gasteiger partial charge in [-0.05, 0) is 61.8 Å². The Labute approximate surface area is 156 Å². The zero-order valence-corrected chi connectivity index (χ0v) is 14.9. The zero-order valence-electron chi connectivity index (χ0n) is 14.9. The number of imide groups is 1. The third kappa shape index (κ3) is 3.11. The molecular weight excluding hydrogens is 348 g/mol. The van der Waals surface area contributed by atoms with Crippen LogP contribution in [0.25, 0.3) is 0 Å². The fourth-order valence-electron chi connectivity index (χ4n) is 4.98. The molecule has 2 N–H and O–H groups in total. The minimum atomic E-state index is -0.926. The fourth-order valence-corrected chi connectivity index (χ4v) is 4.98. The molecule has 4 atom stereocenters. The Morgan fingerprint density at radius 3 is 2.15 bits per heavy atom. The average molecular weight is 370 g/mol. The fraction of sp³-hybridized carbons (Fsp3) is 0.500. The van der Waals surface area contributed by atoms with E-state index in [0.29, 0.717) is 23.2 Å². The summed E-state index contributed by atoms with van der Waals surface area (Å²) in [7, 11) is 0. The first-order valence-corrected chi connectivity index (χ1v) is 9.45. The number of hydrogen-bond donors (Lipinski definition) is 2. The van der Waals surface area contributed by atoms with Crippen LogP contribution in [0.4, 0.5) is 11.4 Å². The maximum atomic E-state index is 12.8. The predicted octanol–water partition coefficient (Wildman–Crippen LogP) is 2.42. The van der Waals surface area contributed by atoms with Gasteiger partial charge in [-0.3, -0.25) is 24.1 Å². The SMILES string of the molecule is O=C(O)CCCC(=O)Nc1ccc(N2C(=O)[C@@H]3[C@@H]4CC[C@@H](C4)[C@@H]3C2=O)cc1. The van der Waals surface area contributed by atoms with Crippen LogP contribution in [0.1, 0.15) is 38.5 Å². The maximum Gasteiger partial charge on any atom is 0.303 e. The highest BCUT2D eigenvalue weighted by Crippen LogP contribution is 2.56. The van der Waals surface area contributed by atoms with E-state index < -0.39 is 5.97 Å². The third-order valence-corrected chi connectivity index (χ3v) is 6.13. The molecule has 0 aromatic heterocycles. The molecule has 1 aromatic rings. The summed E-state index contributed by atoms with van der Waals surface area (Å²) >= 11 is 0. The lowest BCUT2D eigenvalue weighted by molar-refractivity contribution is -0.137. The van der Waals surface area contributed by atoms with Crippen molar-refractivity contribution in [1.82, 2.24) is 0 Å². The molecular formula is C20H22N2O5. The van der Waals surface area contributed by atoms with Gasteiger partial charge in [0.1, 0.15) is 0 Å². The van der Waals surface area contributed by atoms with E-state index in [9.17, 15) is 19.2 Å². The van der Waals surface area contributed by atoms with E-state index in [1.54, 1.807) is 24.3 Å². The number of fused-ring (bicyclic) bond motifs is 5. The van der Waals surface area contributed by atoms with Gasteiger partial charge < -0.3 is 10.4 Å². The second-order valence-corrected chi connectivity index (χ2v) is 7.74. The molecule has 2 saturated carbocycles. The Bertz CT molecular complexity index is 775. The number of benzene rings is 1. The first-order chi connectivity index (χ1) is 13.0. The molecule has 4 rings (SSSR count). The van der Waals surface area contributed by atoms with Gasteiger partial charge in [0.25, 0.3) is 0 Å². The molecule has 3 aliphatic rings. The van der Waals surface area contributed by atoms with E-state index in [1.807, 2.05) is 0 Å². The summed E-state index contributed by atoms with van der Waals surface area (Å²) in [5.74, 6) is -0.939. The number of hydrogen-bond acceptors (Lipinski definition) is 4. The largest absolute Gasteiger partial charge is 0.481 e. The lowest BCUT2D eigenvalue weighted by Crippen LogP contribution is -2.32. The Kier molecular flexibility index (Phi) is 4.45. The Morgan fingerprint density at radius 1 is 1.00 bits per heavy atom. The Morgan fingerprint density at radius 2 is 1.59 bits per heavy atom. The summed E-state index contributed by atoms with van der Waals surface area (Å²) in [5.41, 5.74) is 1.10. The predicted molar refractivity (Wildman–Crippen MR) is 96.9 cm³/mol. The molecule has 7 heteroatoms. The second-order valence-electron chi connectivity index (χ2n) is 7.74. The quantitative estimate of drug-likeness (QED) is 0.749. The van der Waals surface area contributed by atoms with Crippen molar-refractivity contribution in [2.24, 2.45) is 23.7 Å². The molecule has 1 aliphatic heterocycles. The summed E-state index contributed by atoms with van der Waals surface area (Å²) in [6.07, 6.45) is 3.46. The minimum absolute atomic E-state index is 0.0458. The van der Waals surface area contributed by atoms with Crippen LogP contribution in [-0.4, -0.2) is 28.8 Å². The number of nitrogens with one attached hydrogen (secondary N) is 1. The normalized spacial score (nSPS) is 28.5. The molecule has 2 aliphatic carbocycles. The maximum absolute atomic E-state index is 12.8. The van der Waals surface area contributed by atoms with Gasteiger partial charge in [0.15, 0.2) is 0 Å². The van der Waals surface area contributed by atoms with E-state index in [-0.39, 0.29) is 48.8 Å². The van der Waals surface area contributed by atoms with Gasteiger partial charge in [0, 0.05) is 18.5 Å². The van der Waals surface area contributed by atoms with Crippen molar-refractivity contribution in [3.05, 3.63) is 24.3 Å². The third-order valence-electron chi connectivity index (χ3n) is 6.13. The van der Waals surface area contributed by atoms with Crippen molar-refractivity contribution in [1.29, 1.82) is 0 Å². The standard InChI is InChI=1S/C20H22N2O5/c23-15(2-1-3-16(24)25)21-13-6-8-14(9-7-13)22-19(26)17-11-4-5-12(10-11)18(17)20(22)27/h6-9,11-12,17-18H,1-5,10H2,(H,21,23)(H,24,25)/t11-,12+,17-,18+.